The zero-order valence-electron chi connectivity index (χ0n) is 16.9. The van der Waals surface area contributed by atoms with Gasteiger partial charge in [0.2, 0.25) is 0 Å². The molecule has 0 fully saturated rings. The van der Waals surface area contributed by atoms with E-state index in [9.17, 15) is 31.2 Å². The number of rotatable bonds is 15. The molecule has 0 aliphatic heterocycles. The Morgan fingerprint density at radius 3 is 1.54 bits per heavy atom. The van der Waals surface area contributed by atoms with E-state index in [1.165, 1.54) is 0 Å². The first-order valence-corrected chi connectivity index (χ1v) is 14.3. The molecule has 0 spiro atoms. The Morgan fingerprint density at radius 1 is 0.679 bits per heavy atom. The molecular formula is C14H36N2O9S2Si+2. The lowest BCUT2D eigenvalue weighted by Crippen LogP contribution is -2.54. The summed E-state index contributed by atoms with van der Waals surface area (Å²) in [6, 6.07) is -0.119. The fourth-order valence-corrected chi connectivity index (χ4v) is 4.58. The van der Waals surface area contributed by atoms with Gasteiger partial charge in [0.15, 0.2) is 0 Å². The van der Waals surface area contributed by atoms with E-state index in [1.54, 1.807) is 0 Å². The Balaban J connectivity index is 4.83. The van der Waals surface area contributed by atoms with E-state index in [4.69, 9.17) is 9.11 Å². The molecule has 28 heavy (non-hydrogen) atoms. The third-order valence-corrected chi connectivity index (χ3v) is 7.35. The van der Waals surface area contributed by atoms with Crippen molar-refractivity contribution in [2.75, 3.05) is 65.4 Å². The van der Waals surface area contributed by atoms with Crippen LogP contribution in [0.25, 0.3) is 0 Å². The van der Waals surface area contributed by atoms with E-state index in [-0.39, 0.29) is 24.0 Å². The topological polar surface area (TPSA) is 169 Å². The van der Waals surface area contributed by atoms with Gasteiger partial charge in [0.25, 0.3) is 20.2 Å². The summed E-state index contributed by atoms with van der Waals surface area (Å²) in [4.78, 5) is 27.5. The molecule has 0 saturated carbocycles. The molecule has 0 heterocycles. The van der Waals surface area contributed by atoms with Crippen molar-refractivity contribution in [3.05, 3.63) is 0 Å². The average molecular weight is 469 g/mol. The van der Waals surface area contributed by atoms with Crippen molar-refractivity contribution in [1.29, 1.82) is 0 Å². The van der Waals surface area contributed by atoms with Gasteiger partial charge in [-0.1, -0.05) is 0 Å². The van der Waals surface area contributed by atoms with Gasteiger partial charge in [-0.3, -0.25) is 9.11 Å². The quantitative estimate of drug-likeness (QED) is 0.108. The van der Waals surface area contributed by atoms with Crippen LogP contribution in [0.2, 0.25) is 6.04 Å². The zero-order valence-corrected chi connectivity index (χ0v) is 19.5. The van der Waals surface area contributed by atoms with E-state index >= 15 is 0 Å². The zero-order chi connectivity index (χ0) is 22.3. The monoisotopic (exact) mass is 468 g/mol. The molecule has 0 amide bonds. The largest absolute Gasteiger partial charge is 0.492 e. The first-order valence-electron chi connectivity index (χ1n) is 9.06. The first kappa shape index (κ1) is 27.8. The molecule has 0 rings (SSSR count). The molecular weight excluding hydrogens is 432 g/mol. The number of quaternary nitrogens is 2. The van der Waals surface area contributed by atoms with Crippen molar-refractivity contribution < 1.29 is 49.3 Å². The molecule has 0 aliphatic rings. The van der Waals surface area contributed by atoms with Crippen molar-refractivity contribution >= 4 is 29.0 Å². The molecule has 1 atom stereocenters. The van der Waals surface area contributed by atoms with E-state index < -0.39 is 29.0 Å². The van der Waals surface area contributed by atoms with Crippen molar-refractivity contribution in [2.45, 2.75) is 25.3 Å². The molecule has 0 aromatic heterocycles. The van der Waals surface area contributed by atoms with Crippen molar-refractivity contribution in [1.82, 2.24) is 0 Å². The second-order valence-electron chi connectivity index (χ2n) is 8.33. The summed E-state index contributed by atoms with van der Waals surface area (Å²) in [5, 5.41) is 0. The predicted molar refractivity (Wildman–Crippen MR) is 107 cm³/mol. The molecule has 0 saturated heterocycles. The molecule has 0 bridgehead atoms. The van der Waals surface area contributed by atoms with E-state index in [0.29, 0.717) is 54.5 Å². The van der Waals surface area contributed by atoms with E-state index in [0.717, 1.165) is 0 Å². The third kappa shape index (κ3) is 16.8. The smallest absolute Gasteiger partial charge is 0.390 e. The van der Waals surface area contributed by atoms with Crippen LogP contribution in [-0.4, -0.2) is 123 Å². The van der Waals surface area contributed by atoms with Crippen molar-refractivity contribution in [3.8, 4) is 0 Å². The van der Waals surface area contributed by atoms with Crippen LogP contribution < -0.4 is 0 Å². The maximum Gasteiger partial charge on any atom is 0.492 e. The molecule has 1 unspecified atom stereocenters. The Morgan fingerprint density at radius 2 is 1.11 bits per heavy atom. The first-order chi connectivity index (χ1) is 12.3. The minimum atomic E-state index is -4.14. The molecule has 11 nitrogen and oxygen atoms in total. The van der Waals surface area contributed by atoms with Crippen LogP contribution in [0.5, 0.6) is 0 Å². The van der Waals surface area contributed by atoms with Gasteiger partial charge in [-0.05, 0) is 0 Å². The maximum absolute atomic E-state index is 11.0. The molecule has 170 valence electrons. The highest BCUT2D eigenvalue weighted by Crippen LogP contribution is 2.13. The Kier molecular flexibility index (Phi) is 10.7. The van der Waals surface area contributed by atoms with Crippen LogP contribution in [0.1, 0.15) is 19.3 Å². The van der Waals surface area contributed by atoms with Gasteiger partial charge in [-0.15, -0.1) is 0 Å². The Labute approximate surface area is 169 Å². The highest BCUT2D eigenvalue weighted by atomic mass is 32.2. The lowest BCUT2D eigenvalue weighted by atomic mass is 10.2. The van der Waals surface area contributed by atoms with Crippen LogP contribution in [0.3, 0.4) is 0 Å². The molecule has 0 radical (unpaired) electrons. The van der Waals surface area contributed by atoms with E-state index in [1.807, 2.05) is 21.1 Å². The van der Waals surface area contributed by atoms with E-state index in [2.05, 4.69) is 0 Å². The second kappa shape index (κ2) is 10.7. The fourth-order valence-electron chi connectivity index (χ4n) is 2.96. The lowest BCUT2D eigenvalue weighted by Gasteiger charge is -2.38. The second-order valence-corrected chi connectivity index (χ2v) is 13.5. The van der Waals surface area contributed by atoms with Gasteiger partial charge in [0.1, 0.15) is 13.1 Å². The van der Waals surface area contributed by atoms with Crippen molar-refractivity contribution in [2.24, 2.45) is 0 Å². The van der Waals surface area contributed by atoms with Crippen LogP contribution >= 0.6 is 0 Å². The minimum Gasteiger partial charge on any atom is -0.390 e. The van der Waals surface area contributed by atoms with Gasteiger partial charge in [-0.25, -0.2) is 0 Å². The number of hydrogen-bond donors (Lipinski definition) is 5. The molecule has 5 N–H and O–H groups in total. The summed E-state index contributed by atoms with van der Waals surface area (Å²) in [5.41, 5.74) is 0. The number of hydrogen-bond acceptors (Lipinski definition) is 7. The number of nitrogens with zero attached hydrogens (tertiary/aromatic N) is 2. The molecule has 0 aromatic rings. The summed E-state index contributed by atoms with van der Waals surface area (Å²) in [6.07, 6.45) is 0.867. The summed E-state index contributed by atoms with van der Waals surface area (Å²) in [6.45, 7) is 2.66. The standard InChI is InChI=1S/C14H34N2O9S2Si/c1-15(2,7-4-12-26(17,18)19)10-11-16(3,8-5-13-27(20,21)22)9-6-14-28(23,24)25/h23-25H,4-14H2,1-3H3/p+2. The SMILES string of the molecule is C[N+](C)(CCCS(=O)(=O)O)CC[N+](C)(CCC[Si](O)(O)O)CCCS(=O)(=O)O. The van der Waals surface area contributed by atoms with Gasteiger partial charge < -0.3 is 23.4 Å². The number of likely N-dealkylation sites (N-methyl/N-ethyl adjacent to an activating group) is 2. The minimum absolute atomic E-state index is 0.119. The highest BCUT2D eigenvalue weighted by molar-refractivity contribution is 7.86. The van der Waals surface area contributed by atoms with Gasteiger partial charge >= 0.3 is 8.80 Å². The molecule has 14 heteroatoms. The van der Waals surface area contributed by atoms with Gasteiger partial charge in [0, 0.05) is 25.3 Å². The van der Waals surface area contributed by atoms with Crippen LogP contribution in [0.15, 0.2) is 0 Å². The van der Waals surface area contributed by atoms with Gasteiger partial charge in [-0.2, -0.15) is 16.8 Å². The summed E-state index contributed by atoms with van der Waals surface area (Å²) in [7, 11) is -6.50. The summed E-state index contributed by atoms with van der Waals surface area (Å²) in [5.74, 6) is -0.683. The normalized spacial score (nSPS) is 16.1. The maximum atomic E-state index is 11.0. The summed E-state index contributed by atoms with van der Waals surface area (Å²) < 4.78 is 62.3. The Hall–Kier alpha value is -0.163. The third-order valence-electron chi connectivity index (χ3n) is 4.72. The van der Waals surface area contributed by atoms with Crippen molar-refractivity contribution in [3.63, 3.8) is 0 Å². The Bertz CT molecular complexity index is 677. The van der Waals surface area contributed by atoms with Gasteiger partial charge in [0.05, 0.1) is 52.3 Å². The fraction of sp³-hybridized carbons (Fsp3) is 1.00. The van der Waals surface area contributed by atoms with Crippen LogP contribution in [0.4, 0.5) is 0 Å². The predicted octanol–water partition coefficient (Wildman–Crippen LogP) is -1.63. The summed E-state index contributed by atoms with van der Waals surface area (Å²) >= 11 is 0. The lowest BCUT2D eigenvalue weighted by molar-refractivity contribution is -0.955. The highest BCUT2D eigenvalue weighted by Gasteiger charge is 2.31. The molecule has 0 aromatic carbocycles. The molecule has 0 aliphatic carbocycles. The average Bonchev–Trinajstić information content (AvgIpc) is 2.41. The van der Waals surface area contributed by atoms with Crippen LogP contribution in [-0.2, 0) is 20.2 Å². The van der Waals surface area contributed by atoms with Crippen LogP contribution in [0, 0.1) is 0 Å².